The number of carbonyl (C=O) groups is 2. The third kappa shape index (κ3) is 1.85. The average Bonchev–Trinajstić information content (AvgIpc) is 2.88. The topological polar surface area (TPSA) is 89.4 Å². The number of nitrogens with two attached hydrogens (primary N) is 1. The summed E-state index contributed by atoms with van der Waals surface area (Å²) in [4.78, 5) is 28.9. The van der Waals surface area contributed by atoms with Crippen LogP contribution in [-0.2, 0) is 16.1 Å². The molecule has 19 heavy (non-hydrogen) atoms. The van der Waals surface area contributed by atoms with Crippen molar-refractivity contribution in [2.45, 2.75) is 19.9 Å². The summed E-state index contributed by atoms with van der Waals surface area (Å²) >= 11 is 0. The number of benzene rings is 1. The molecule has 2 N–H and O–H groups in total. The van der Waals surface area contributed by atoms with Crippen molar-refractivity contribution in [2.75, 3.05) is 5.73 Å². The van der Waals surface area contributed by atoms with Gasteiger partial charge in [-0.3, -0.25) is 14.5 Å². The predicted octanol–water partition coefficient (Wildman–Crippen LogP) is 1.30. The molecule has 1 saturated heterocycles. The second-order valence-corrected chi connectivity index (χ2v) is 4.72. The van der Waals surface area contributed by atoms with Gasteiger partial charge in [-0.1, -0.05) is 13.0 Å². The first-order chi connectivity index (χ1) is 9.06. The van der Waals surface area contributed by atoms with Crippen LogP contribution in [0.4, 0.5) is 5.69 Å². The number of carbonyl (C=O) groups excluding carboxylic acids is 2. The van der Waals surface area contributed by atoms with Crippen molar-refractivity contribution in [1.29, 1.82) is 0 Å². The second-order valence-electron chi connectivity index (χ2n) is 4.72. The molecule has 6 nitrogen and oxygen atoms in total. The summed E-state index contributed by atoms with van der Waals surface area (Å²) in [7, 11) is 0. The van der Waals surface area contributed by atoms with E-state index in [4.69, 9.17) is 10.2 Å². The molecule has 1 atom stereocenters. The summed E-state index contributed by atoms with van der Waals surface area (Å²) in [5, 5.41) is 0. The van der Waals surface area contributed by atoms with Gasteiger partial charge in [0.25, 0.3) is 0 Å². The summed E-state index contributed by atoms with van der Waals surface area (Å²) in [5.74, 6) is -0.307. The number of fused-ring (bicyclic) bond motifs is 1. The number of likely N-dealkylation sites (tertiary alicyclic amines) is 1. The van der Waals surface area contributed by atoms with Gasteiger partial charge in [0.15, 0.2) is 5.58 Å². The molecule has 1 aromatic heterocycles. The molecule has 1 fully saturated rings. The lowest BCUT2D eigenvalue weighted by atomic mass is 10.1. The van der Waals surface area contributed by atoms with Crippen LogP contribution >= 0.6 is 0 Å². The highest BCUT2D eigenvalue weighted by Gasteiger charge is 2.36. The van der Waals surface area contributed by atoms with Crippen LogP contribution in [0.1, 0.15) is 19.2 Å². The van der Waals surface area contributed by atoms with Gasteiger partial charge >= 0.3 is 0 Å². The minimum atomic E-state index is -0.262. The minimum absolute atomic E-state index is 0.0656. The maximum absolute atomic E-state index is 11.8. The van der Waals surface area contributed by atoms with Crippen LogP contribution in [0.25, 0.3) is 11.1 Å². The monoisotopic (exact) mass is 259 g/mol. The van der Waals surface area contributed by atoms with Crippen molar-refractivity contribution < 1.29 is 14.0 Å². The van der Waals surface area contributed by atoms with Gasteiger partial charge in [0.1, 0.15) is 12.1 Å². The van der Waals surface area contributed by atoms with Crippen LogP contribution in [0, 0.1) is 5.92 Å². The fraction of sp³-hybridized carbons (Fsp3) is 0.308. The largest absolute Gasteiger partial charge is 0.439 e. The molecular weight excluding hydrogens is 246 g/mol. The molecule has 2 amide bonds. The SMILES string of the molecule is CC1CC(=O)N(Cc2nc3c(N)cccc3o2)C1=O. The number of hydrogen-bond donors (Lipinski definition) is 1. The van der Waals surface area contributed by atoms with Crippen molar-refractivity contribution >= 4 is 28.6 Å². The third-order valence-electron chi connectivity index (χ3n) is 3.26. The number of imide groups is 1. The van der Waals surface area contributed by atoms with Gasteiger partial charge in [-0.05, 0) is 12.1 Å². The molecule has 0 spiro atoms. The first kappa shape index (κ1) is 11.7. The quantitative estimate of drug-likeness (QED) is 0.648. The lowest BCUT2D eigenvalue weighted by Gasteiger charge is -2.10. The van der Waals surface area contributed by atoms with Crippen LogP contribution in [0.2, 0.25) is 0 Å². The van der Waals surface area contributed by atoms with Gasteiger partial charge in [-0.2, -0.15) is 0 Å². The van der Waals surface area contributed by atoms with Crippen LogP contribution in [-0.4, -0.2) is 21.7 Å². The minimum Gasteiger partial charge on any atom is -0.439 e. The highest BCUT2D eigenvalue weighted by molar-refractivity contribution is 6.03. The van der Waals surface area contributed by atoms with Crippen molar-refractivity contribution in [1.82, 2.24) is 9.88 Å². The van der Waals surface area contributed by atoms with E-state index in [2.05, 4.69) is 4.98 Å². The van der Waals surface area contributed by atoms with Gasteiger partial charge in [0, 0.05) is 12.3 Å². The normalized spacial score (nSPS) is 19.6. The fourth-order valence-corrected chi connectivity index (χ4v) is 2.23. The van der Waals surface area contributed by atoms with Crippen molar-refractivity contribution in [3.63, 3.8) is 0 Å². The Morgan fingerprint density at radius 2 is 2.26 bits per heavy atom. The molecule has 0 saturated carbocycles. The number of nitrogens with zero attached hydrogens (tertiary/aromatic N) is 2. The molecular formula is C13H13N3O3. The Bertz CT molecular complexity index is 677. The van der Waals surface area contributed by atoms with Crippen molar-refractivity contribution in [3.8, 4) is 0 Å². The van der Waals surface area contributed by atoms with Crippen LogP contribution in [0.15, 0.2) is 22.6 Å². The Morgan fingerprint density at radius 1 is 1.47 bits per heavy atom. The van der Waals surface area contributed by atoms with E-state index < -0.39 is 0 Å². The molecule has 1 aliphatic heterocycles. The van der Waals surface area contributed by atoms with E-state index in [1.165, 1.54) is 4.90 Å². The zero-order chi connectivity index (χ0) is 13.6. The first-order valence-electron chi connectivity index (χ1n) is 6.04. The van der Waals surface area contributed by atoms with Gasteiger partial charge in [0.05, 0.1) is 5.69 Å². The maximum Gasteiger partial charge on any atom is 0.233 e. The smallest absolute Gasteiger partial charge is 0.233 e. The van der Waals surface area contributed by atoms with E-state index in [0.29, 0.717) is 22.7 Å². The van der Waals surface area contributed by atoms with Gasteiger partial charge in [-0.25, -0.2) is 4.98 Å². The lowest BCUT2D eigenvalue weighted by molar-refractivity contribution is -0.140. The highest BCUT2D eigenvalue weighted by Crippen LogP contribution is 2.25. The Morgan fingerprint density at radius 3 is 2.89 bits per heavy atom. The van der Waals surface area contributed by atoms with Gasteiger partial charge < -0.3 is 10.2 Å². The number of para-hydroxylation sites is 1. The number of nitrogen functional groups attached to an aromatic ring is 1. The van der Waals surface area contributed by atoms with Crippen LogP contribution < -0.4 is 5.73 Å². The van der Waals surface area contributed by atoms with Gasteiger partial charge in [-0.15, -0.1) is 0 Å². The van der Waals surface area contributed by atoms with Gasteiger partial charge in [0.2, 0.25) is 17.7 Å². The number of hydrogen-bond acceptors (Lipinski definition) is 5. The Labute approximate surface area is 109 Å². The molecule has 98 valence electrons. The van der Waals surface area contributed by atoms with E-state index in [9.17, 15) is 9.59 Å². The summed E-state index contributed by atoms with van der Waals surface area (Å²) in [6, 6.07) is 5.24. The third-order valence-corrected chi connectivity index (χ3v) is 3.26. The zero-order valence-corrected chi connectivity index (χ0v) is 10.4. The van der Waals surface area contributed by atoms with Crippen molar-refractivity contribution in [3.05, 3.63) is 24.1 Å². The number of oxazole rings is 1. The molecule has 0 aliphatic carbocycles. The molecule has 6 heteroatoms. The Kier molecular flexibility index (Phi) is 2.51. The molecule has 2 heterocycles. The van der Waals surface area contributed by atoms with Crippen LogP contribution in [0.3, 0.4) is 0 Å². The maximum atomic E-state index is 11.8. The van der Waals surface area contributed by atoms with Crippen molar-refractivity contribution in [2.24, 2.45) is 5.92 Å². The van der Waals surface area contributed by atoms with E-state index in [1.54, 1.807) is 25.1 Å². The number of rotatable bonds is 2. The van der Waals surface area contributed by atoms with E-state index in [0.717, 1.165) is 0 Å². The zero-order valence-electron chi connectivity index (χ0n) is 10.4. The molecule has 1 aliphatic rings. The number of anilines is 1. The first-order valence-corrected chi connectivity index (χ1v) is 6.04. The summed E-state index contributed by atoms with van der Waals surface area (Å²) in [5.41, 5.74) is 7.42. The van der Waals surface area contributed by atoms with E-state index in [1.807, 2.05) is 0 Å². The predicted molar refractivity (Wildman–Crippen MR) is 67.8 cm³/mol. The summed E-state index contributed by atoms with van der Waals surface area (Å²) in [6.07, 6.45) is 0.251. The fourth-order valence-electron chi connectivity index (χ4n) is 2.23. The van der Waals surface area contributed by atoms with E-state index in [-0.39, 0.29) is 30.7 Å². The average molecular weight is 259 g/mol. The molecule has 1 unspecified atom stereocenters. The number of amides is 2. The molecule has 0 radical (unpaired) electrons. The summed E-state index contributed by atoms with van der Waals surface area (Å²) in [6.45, 7) is 1.81. The highest BCUT2D eigenvalue weighted by atomic mass is 16.3. The molecule has 0 bridgehead atoms. The lowest BCUT2D eigenvalue weighted by Crippen LogP contribution is -2.29. The van der Waals surface area contributed by atoms with Crippen LogP contribution in [0.5, 0.6) is 0 Å². The Hall–Kier alpha value is -2.37. The molecule has 3 rings (SSSR count). The summed E-state index contributed by atoms with van der Waals surface area (Å²) < 4.78 is 5.51. The Balaban J connectivity index is 1.92. The second kappa shape index (κ2) is 4.08. The molecule has 2 aromatic rings. The van der Waals surface area contributed by atoms with E-state index >= 15 is 0 Å². The number of aromatic nitrogens is 1. The molecule has 1 aromatic carbocycles. The standard InChI is InChI=1S/C13H13N3O3/c1-7-5-11(17)16(13(7)18)6-10-15-12-8(14)3-2-4-9(12)19-10/h2-4,7H,5-6,14H2,1H3.